The van der Waals surface area contributed by atoms with Crippen LogP contribution in [0, 0.1) is 0 Å². The number of fused-ring (bicyclic) bond motifs is 1. The molecule has 0 aliphatic carbocycles. The number of aliphatic hydroxyl groups is 1. The molecule has 0 unspecified atom stereocenters. The molecule has 212 valence electrons. The summed E-state index contributed by atoms with van der Waals surface area (Å²) in [4.78, 5) is 37.7. The number of carbonyl (C=O) groups is 3. The van der Waals surface area contributed by atoms with Crippen molar-refractivity contribution in [1.82, 2.24) is 14.5 Å². The number of nitrogens with zero attached hydrogens (tertiary/aromatic N) is 3. The van der Waals surface area contributed by atoms with Gasteiger partial charge in [-0.25, -0.2) is 9.78 Å². The van der Waals surface area contributed by atoms with E-state index in [1.807, 2.05) is 30.3 Å². The zero-order chi connectivity index (χ0) is 33.3. The number of aliphatic carboxylic acids is 3. The SMILES string of the molecule is O=C(O)CC(O)(CC(=O)O)C(=O)O.[2H]C([2H])([2H])C([2H])([2H])Oc1ccc(Cc2nc3ccccc3n2CCN(CC)CC)cc1. The lowest BCUT2D eigenvalue weighted by molar-refractivity contribution is -0.170. The van der Waals surface area contributed by atoms with Crippen molar-refractivity contribution < 1.29 is 46.4 Å². The second kappa shape index (κ2) is 14.8. The van der Waals surface area contributed by atoms with Crippen molar-refractivity contribution in [1.29, 1.82) is 0 Å². The third-order valence-electron chi connectivity index (χ3n) is 6.01. The molecule has 0 aliphatic rings. The number of ether oxygens (including phenoxy) is 1. The number of imidazole rings is 1. The number of hydrogen-bond acceptors (Lipinski definition) is 7. The molecule has 0 fully saturated rings. The topological polar surface area (TPSA) is 162 Å². The van der Waals surface area contributed by atoms with Gasteiger partial charge in [-0.15, -0.1) is 0 Å². The zero-order valence-corrected chi connectivity index (χ0v) is 21.8. The highest BCUT2D eigenvalue weighted by Gasteiger charge is 2.40. The molecule has 1 aromatic heterocycles. The molecule has 2 aromatic carbocycles. The van der Waals surface area contributed by atoms with Gasteiger partial charge in [0, 0.05) is 23.6 Å². The van der Waals surface area contributed by atoms with E-state index in [4.69, 9.17) is 37.0 Å². The van der Waals surface area contributed by atoms with Crippen molar-refractivity contribution in [3.05, 3.63) is 59.9 Å². The molecule has 39 heavy (non-hydrogen) atoms. The van der Waals surface area contributed by atoms with Gasteiger partial charge in [0.15, 0.2) is 5.60 Å². The lowest BCUT2D eigenvalue weighted by Crippen LogP contribution is -2.42. The van der Waals surface area contributed by atoms with Gasteiger partial charge < -0.3 is 34.6 Å². The second-order valence-corrected chi connectivity index (χ2v) is 8.70. The molecule has 0 spiro atoms. The largest absolute Gasteiger partial charge is 0.494 e. The number of carboxylic acid groups (broad SMARTS) is 3. The normalized spacial score (nSPS) is 13.8. The Balaban J connectivity index is 0.000000439. The van der Waals surface area contributed by atoms with E-state index >= 15 is 0 Å². The maximum Gasteiger partial charge on any atom is 0.336 e. The molecule has 11 heteroatoms. The van der Waals surface area contributed by atoms with Gasteiger partial charge in [-0.2, -0.15) is 0 Å². The molecule has 0 amide bonds. The standard InChI is InChI=1S/C22H29N3O.C6H8O7/c1-4-24(5-2)15-16-25-21-10-8-7-9-20(21)23-22(25)17-18-11-13-19(14-12-18)26-6-3;7-3(8)1-6(13,5(11)12)2-4(9)10/h7-14H,4-6,15-17H2,1-3H3;13H,1-2H2,(H,7,8)(H,9,10)(H,11,12)/i3D3,6D2;. The van der Waals surface area contributed by atoms with Crippen LogP contribution in [-0.4, -0.2) is 84.6 Å². The van der Waals surface area contributed by atoms with Crippen LogP contribution in [0.3, 0.4) is 0 Å². The van der Waals surface area contributed by atoms with Crippen LogP contribution in [0.4, 0.5) is 0 Å². The molecule has 0 bridgehead atoms. The molecule has 1 heterocycles. The highest BCUT2D eigenvalue weighted by Crippen LogP contribution is 2.20. The van der Waals surface area contributed by atoms with Gasteiger partial charge in [-0.1, -0.05) is 38.1 Å². The summed E-state index contributed by atoms with van der Waals surface area (Å²) in [5.41, 5.74) is 0.317. The van der Waals surface area contributed by atoms with Crippen LogP contribution in [0.1, 0.15) is 51.8 Å². The minimum atomic E-state index is -2.86. The van der Waals surface area contributed by atoms with Crippen LogP contribution < -0.4 is 4.74 Å². The van der Waals surface area contributed by atoms with Gasteiger partial charge >= 0.3 is 17.9 Å². The second-order valence-electron chi connectivity index (χ2n) is 8.70. The van der Waals surface area contributed by atoms with Crippen molar-refractivity contribution in [2.45, 2.75) is 52.1 Å². The molecule has 3 rings (SSSR count). The molecule has 3 aromatic rings. The Morgan fingerprint density at radius 2 is 1.64 bits per heavy atom. The van der Waals surface area contributed by atoms with Gasteiger partial charge in [-0.05, 0) is 49.8 Å². The lowest BCUT2D eigenvalue weighted by Gasteiger charge is -2.19. The average Bonchev–Trinajstić information content (AvgIpc) is 3.26. The number of rotatable bonds is 14. The maximum atomic E-state index is 10.3. The summed E-state index contributed by atoms with van der Waals surface area (Å²) in [7, 11) is 0. The van der Waals surface area contributed by atoms with Crippen molar-refractivity contribution in [2.75, 3.05) is 26.2 Å². The van der Waals surface area contributed by atoms with Crippen LogP contribution >= 0.6 is 0 Å². The van der Waals surface area contributed by atoms with E-state index in [9.17, 15) is 14.4 Å². The lowest BCUT2D eigenvalue weighted by atomic mass is 9.96. The molecule has 0 radical (unpaired) electrons. The Morgan fingerprint density at radius 1 is 1.03 bits per heavy atom. The van der Waals surface area contributed by atoms with E-state index in [0.29, 0.717) is 6.42 Å². The molecular weight excluding hydrogens is 506 g/mol. The van der Waals surface area contributed by atoms with E-state index in [0.717, 1.165) is 48.6 Å². The van der Waals surface area contributed by atoms with Gasteiger partial charge in [0.25, 0.3) is 0 Å². The number of hydrogen-bond donors (Lipinski definition) is 4. The Morgan fingerprint density at radius 3 is 2.18 bits per heavy atom. The van der Waals surface area contributed by atoms with E-state index in [-0.39, 0.29) is 5.75 Å². The summed E-state index contributed by atoms with van der Waals surface area (Å²) >= 11 is 0. The molecule has 0 saturated carbocycles. The number of carboxylic acids is 3. The van der Waals surface area contributed by atoms with Crippen molar-refractivity contribution in [3.8, 4) is 5.75 Å². The average molecular weight is 549 g/mol. The summed E-state index contributed by atoms with van der Waals surface area (Å²) < 4.78 is 44.4. The smallest absolute Gasteiger partial charge is 0.336 e. The first-order valence-corrected chi connectivity index (χ1v) is 12.3. The van der Waals surface area contributed by atoms with E-state index in [2.05, 4.69) is 29.4 Å². The summed E-state index contributed by atoms with van der Waals surface area (Å²) in [5.74, 6) is -3.88. The molecule has 0 atom stereocenters. The zero-order valence-electron chi connectivity index (χ0n) is 26.8. The van der Waals surface area contributed by atoms with Crippen LogP contribution in [0.5, 0.6) is 5.75 Å². The third-order valence-corrected chi connectivity index (χ3v) is 6.01. The fourth-order valence-electron chi connectivity index (χ4n) is 3.92. The fourth-order valence-corrected chi connectivity index (χ4v) is 3.92. The minimum absolute atomic E-state index is 0.180. The third kappa shape index (κ3) is 9.38. The summed E-state index contributed by atoms with van der Waals surface area (Å²) in [6.07, 6.45) is -1.68. The Bertz CT molecular complexity index is 1410. The summed E-state index contributed by atoms with van der Waals surface area (Å²) in [6.45, 7) is 2.51. The molecule has 0 saturated heterocycles. The predicted octanol–water partition coefficient (Wildman–Crippen LogP) is 3.12. The van der Waals surface area contributed by atoms with E-state index in [1.165, 1.54) is 0 Å². The van der Waals surface area contributed by atoms with Crippen molar-refractivity contribution in [2.24, 2.45) is 0 Å². The highest BCUT2D eigenvalue weighted by atomic mass is 16.5. The molecular formula is C28H37N3O8. The molecule has 4 N–H and O–H groups in total. The van der Waals surface area contributed by atoms with Crippen molar-refractivity contribution >= 4 is 28.9 Å². The number of likely N-dealkylation sites (N-methyl/N-ethyl adjacent to an activating group) is 1. The van der Waals surface area contributed by atoms with Crippen LogP contribution in [-0.2, 0) is 27.3 Å². The summed E-state index contributed by atoms with van der Waals surface area (Å²) in [6, 6.07) is 14.9. The first kappa shape index (κ1) is 24.1. The first-order chi connectivity index (χ1) is 20.4. The van der Waals surface area contributed by atoms with Gasteiger partial charge in [0.05, 0.1) is 33.2 Å². The Labute approximate surface area is 234 Å². The van der Waals surface area contributed by atoms with Crippen LogP contribution in [0.25, 0.3) is 11.0 Å². The van der Waals surface area contributed by atoms with E-state index < -0.39 is 49.8 Å². The predicted molar refractivity (Wildman–Crippen MR) is 145 cm³/mol. The summed E-state index contributed by atoms with van der Waals surface area (Å²) in [5, 5.41) is 33.8. The highest BCUT2D eigenvalue weighted by molar-refractivity contribution is 5.88. The minimum Gasteiger partial charge on any atom is -0.494 e. The first-order valence-electron chi connectivity index (χ1n) is 14.8. The monoisotopic (exact) mass is 548 g/mol. The van der Waals surface area contributed by atoms with Crippen LogP contribution in [0.2, 0.25) is 0 Å². The number of benzene rings is 2. The van der Waals surface area contributed by atoms with E-state index in [1.54, 1.807) is 12.1 Å². The quantitative estimate of drug-likeness (QED) is 0.235. The van der Waals surface area contributed by atoms with Gasteiger partial charge in [0.1, 0.15) is 11.6 Å². The molecule has 11 nitrogen and oxygen atoms in total. The van der Waals surface area contributed by atoms with Gasteiger partial charge in [0.2, 0.25) is 0 Å². The Kier molecular flexibility index (Phi) is 9.17. The maximum absolute atomic E-state index is 10.3. The van der Waals surface area contributed by atoms with Crippen molar-refractivity contribution in [3.63, 3.8) is 0 Å². The molecule has 0 aliphatic heterocycles. The number of para-hydroxylation sites is 2. The van der Waals surface area contributed by atoms with Gasteiger partial charge in [-0.3, -0.25) is 9.59 Å². The number of aromatic nitrogens is 2. The Hall–Kier alpha value is -3.96. The van der Waals surface area contributed by atoms with Crippen LogP contribution in [0.15, 0.2) is 48.5 Å². The fraction of sp³-hybridized carbons (Fsp3) is 0.429.